The fourth-order valence-electron chi connectivity index (χ4n) is 3.54. The highest BCUT2D eigenvalue weighted by atomic mass is 35.5. The Morgan fingerprint density at radius 2 is 1.72 bits per heavy atom. The maximum absolute atomic E-state index is 13.3. The molecular weight excluding hydrogens is 431 g/mol. The zero-order valence-electron chi connectivity index (χ0n) is 16.0. The van der Waals surface area contributed by atoms with Gasteiger partial charge in [0.2, 0.25) is 5.91 Å². The largest absolute Gasteiger partial charge is 0.354 e. The lowest BCUT2D eigenvalue weighted by atomic mass is 9.89. The fraction of sp³-hybridized carbons (Fsp3) is 0.381. The molecule has 8 heteroatoms. The van der Waals surface area contributed by atoms with Gasteiger partial charge in [0.1, 0.15) is 6.54 Å². The molecule has 0 bridgehead atoms. The van der Waals surface area contributed by atoms with Crippen LogP contribution in [0, 0.1) is 5.92 Å². The van der Waals surface area contributed by atoms with E-state index in [1.54, 1.807) is 24.3 Å². The van der Waals surface area contributed by atoms with Gasteiger partial charge in [0, 0.05) is 11.6 Å². The highest BCUT2D eigenvalue weighted by molar-refractivity contribution is 7.92. The zero-order valence-corrected chi connectivity index (χ0v) is 18.3. The highest BCUT2D eigenvalue weighted by Crippen LogP contribution is 2.32. The van der Waals surface area contributed by atoms with Crippen molar-refractivity contribution >= 4 is 44.8 Å². The summed E-state index contributed by atoms with van der Waals surface area (Å²) in [5.74, 6) is 0.0899. The van der Waals surface area contributed by atoms with Gasteiger partial charge in [-0.05, 0) is 49.1 Å². The van der Waals surface area contributed by atoms with Gasteiger partial charge in [-0.2, -0.15) is 0 Å². The molecule has 1 N–H and O–H groups in total. The van der Waals surface area contributed by atoms with Gasteiger partial charge in [-0.1, -0.05) is 60.7 Å². The molecule has 1 saturated carbocycles. The van der Waals surface area contributed by atoms with Crippen LogP contribution in [0.15, 0.2) is 53.4 Å². The molecule has 0 radical (unpaired) electrons. The fourth-order valence-corrected chi connectivity index (χ4v) is 5.56. The Bertz CT molecular complexity index is 946. The van der Waals surface area contributed by atoms with Gasteiger partial charge in [0.15, 0.2) is 0 Å². The van der Waals surface area contributed by atoms with E-state index in [-0.39, 0.29) is 28.1 Å². The number of carbonyl (C=O) groups is 1. The van der Waals surface area contributed by atoms with E-state index in [4.69, 9.17) is 23.2 Å². The number of amides is 1. The van der Waals surface area contributed by atoms with Crippen LogP contribution in [-0.2, 0) is 14.8 Å². The molecule has 0 unspecified atom stereocenters. The molecular formula is C21H24Cl2N2O3S. The molecule has 156 valence electrons. The smallest absolute Gasteiger partial charge is 0.264 e. The summed E-state index contributed by atoms with van der Waals surface area (Å²) in [6.07, 6.45) is 5.78. The van der Waals surface area contributed by atoms with Gasteiger partial charge in [-0.25, -0.2) is 8.42 Å². The second-order valence-electron chi connectivity index (χ2n) is 7.23. The van der Waals surface area contributed by atoms with Crippen molar-refractivity contribution in [3.63, 3.8) is 0 Å². The Labute approximate surface area is 182 Å². The molecule has 3 rings (SSSR count). The van der Waals surface area contributed by atoms with Gasteiger partial charge in [-0.3, -0.25) is 9.10 Å². The average Bonchev–Trinajstić information content (AvgIpc) is 2.72. The molecule has 29 heavy (non-hydrogen) atoms. The number of anilines is 1. The number of halogens is 2. The van der Waals surface area contributed by atoms with Crippen molar-refractivity contribution in [3.05, 3.63) is 58.6 Å². The number of rotatable bonds is 7. The van der Waals surface area contributed by atoms with Crippen LogP contribution < -0.4 is 9.62 Å². The van der Waals surface area contributed by atoms with Crippen LogP contribution >= 0.6 is 23.2 Å². The summed E-state index contributed by atoms with van der Waals surface area (Å²) in [7, 11) is -3.98. The zero-order chi connectivity index (χ0) is 20.9. The highest BCUT2D eigenvalue weighted by Gasteiger charge is 2.29. The molecule has 0 saturated heterocycles. The van der Waals surface area contributed by atoms with Crippen LogP contribution in [-0.4, -0.2) is 27.4 Å². The SMILES string of the molecule is O=C(CN(c1ccc(Cl)cc1Cl)S(=O)(=O)c1ccccc1)NCC1CCCCC1. The standard InChI is InChI=1S/C21H24Cl2N2O3S/c22-17-11-12-20(19(23)13-17)25(29(27,28)18-9-5-2-6-10-18)15-21(26)24-14-16-7-3-1-4-8-16/h2,5-6,9-13,16H,1,3-4,7-8,14-15H2,(H,24,26). The van der Waals surface area contributed by atoms with Gasteiger partial charge >= 0.3 is 0 Å². The molecule has 0 aliphatic heterocycles. The van der Waals surface area contributed by atoms with Crippen molar-refractivity contribution in [3.8, 4) is 0 Å². The summed E-state index contributed by atoms with van der Waals surface area (Å²) in [5.41, 5.74) is 0.215. The lowest BCUT2D eigenvalue weighted by molar-refractivity contribution is -0.119. The first kappa shape index (κ1) is 21.9. The number of sulfonamides is 1. The van der Waals surface area contributed by atoms with E-state index in [0.717, 1.165) is 17.1 Å². The van der Waals surface area contributed by atoms with Gasteiger partial charge in [0.25, 0.3) is 10.0 Å². The Hall–Kier alpha value is -1.76. The molecule has 1 aliphatic rings. The van der Waals surface area contributed by atoms with Gasteiger partial charge in [-0.15, -0.1) is 0 Å². The molecule has 0 aromatic heterocycles. The molecule has 2 aromatic carbocycles. The Kier molecular flexibility index (Phi) is 7.44. The molecule has 1 fully saturated rings. The van der Waals surface area contributed by atoms with Crippen molar-refractivity contribution in [2.24, 2.45) is 5.92 Å². The quantitative estimate of drug-likeness (QED) is 0.647. The number of hydrogen-bond donors (Lipinski definition) is 1. The first-order valence-corrected chi connectivity index (χ1v) is 11.9. The van der Waals surface area contributed by atoms with Crippen LogP contribution in [0.5, 0.6) is 0 Å². The predicted molar refractivity (Wildman–Crippen MR) is 117 cm³/mol. The summed E-state index contributed by atoms with van der Waals surface area (Å²) >= 11 is 12.2. The lowest BCUT2D eigenvalue weighted by Crippen LogP contribution is -2.42. The van der Waals surface area contributed by atoms with Crippen molar-refractivity contribution in [1.29, 1.82) is 0 Å². The maximum atomic E-state index is 13.3. The second kappa shape index (κ2) is 9.83. The Morgan fingerprint density at radius 1 is 1.03 bits per heavy atom. The van der Waals surface area contributed by atoms with Crippen LogP contribution in [0.4, 0.5) is 5.69 Å². The second-order valence-corrected chi connectivity index (χ2v) is 9.93. The molecule has 5 nitrogen and oxygen atoms in total. The summed E-state index contributed by atoms with van der Waals surface area (Å²) in [6, 6.07) is 12.5. The Morgan fingerprint density at radius 3 is 2.38 bits per heavy atom. The number of carbonyl (C=O) groups excluding carboxylic acids is 1. The van der Waals surface area contributed by atoms with E-state index in [2.05, 4.69) is 5.32 Å². The Balaban J connectivity index is 1.84. The number of hydrogen-bond acceptors (Lipinski definition) is 3. The molecule has 1 aliphatic carbocycles. The summed E-state index contributed by atoms with van der Waals surface area (Å²) in [5, 5.41) is 3.44. The number of nitrogens with zero attached hydrogens (tertiary/aromatic N) is 1. The van der Waals surface area contributed by atoms with E-state index in [0.29, 0.717) is 17.5 Å². The van der Waals surface area contributed by atoms with Crippen LogP contribution in [0.3, 0.4) is 0 Å². The van der Waals surface area contributed by atoms with Gasteiger partial charge in [0.05, 0.1) is 15.6 Å². The first-order valence-electron chi connectivity index (χ1n) is 9.67. The minimum absolute atomic E-state index is 0.0890. The van der Waals surface area contributed by atoms with Crippen molar-refractivity contribution < 1.29 is 13.2 Å². The normalized spacial score (nSPS) is 15.1. The summed E-state index contributed by atoms with van der Waals surface area (Å²) in [6.45, 7) is 0.206. The van der Waals surface area contributed by atoms with E-state index < -0.39 is 10.0 Å². The monoisotopic (exact) mass is 454 g/mol. The third-order valence-electron chi connectivity index (χ3n) is 5.11. The van der Waals surface area contributed by atoms with E-state index in [9.17, 15) is 13.2 Å². The molecule has 0 atom stereocenters. The minimum atomic E-state index is -3.98. The van der Waals surface area contributed by atoms with Crippen LogP contribution in [0.1, 0.15) is 32.1 Å². The van der Waals surface area contributed by atoms with E-state index in [1.165, 1.54) is 43.5 Å². The maximum Gasteiger partial charge on any atom is 0.264 e. The summed E-state index contributed by atoms with van der Waals surface area (Å²) < 4.78 is 27.6. The average molecular weight is 455 g/mol. The third-order valence-corrected chi connectivity index (χ3v) is 7.42. The topological polar surface area (TPSA) is 66.5 Å². The van der Waals surface area contributed by atoms with Crippen LogP contribution in [0.2, 0.25) is 10.0 Å². The molecule has 0 spiro atoms. The van der Waals surface area contributed by atoms with Crippen LogP contribution in [0.25, 0.3) is 0 Å². The number of nitrogens with one attached hydrogen (secondary N) is 1. The molecule has 0 heterocycles. The molecule has 2 aromatic rings. The van der Waals surface area contributed by atoms with E-state index in [1.807, 2.05) is 0 Å². The van der Waals surface area contributed by atoms with Gasteiger partial charge < -0.3 is 5.32 Å². The van der Waals surface area contributed by atoms with Crippen molar-refractivity contribution in [2.75, 3.05) is 17.4 Å². The minimum Gasteiger partial charge on any atom is -0.354 e. The predicted octanol–water partition coefficient (Wildman–Crippen LogP) is 4.89. The van der Waals surface area contributed by atoms with E-state index >= 15 is 0 Å². The van der Waals surface area contributed by atoms with Crippen molar-refractivity contribution in [1.82, 2.24) is 5.32 Å². The first-order chi connectivity index (χ1) is 13.9. The molecule has 1 amide bonds. The lowest BCUT2D eigenvalue weighted by Gasteiger charge is -2.26. The summed E-state index contributed by atoms with van der Waals surface area (Å²) in [4.78, 5) is 12.7. The third kappa shape index (κ3) is 5.65. The van der Waals surface area contributed by atoms with Crippen molar-refractivity contribution in [2.45, 2.75) is 37.0 Å². The number of benzene rings is 2.